The fourth-order valence-corrected chi connectivity index (χ4v) is 2.60. The fraction of sp³-hybridized carbons (Fsp3) is 0.500. The van der Waals surface area contributed by atoms with Gasteiger partial charge in [0, 0.05) is 18.3 Å². The molecule has 19 heavy (non-hydrogen) atoms. The van der Waals surface area contributed by atoms with E-state index in [0.29, 0.717) is 5.75 Å². The van der Waals surface area contributed by atoms with E-state index in [2.05, 4.69) is 17.3 Å². The minimum absolute atomic E-state index is 0.0733. The van der Waals surface area contributed by atoms with Crippen LogP contribution < -0.4 is 14.8 Å². The molecule has 1 atom stereocenters. The molecule has 0 spiro atoms. The number of likely N-dealkylation sites (tertiary alicyclic amines) is 1. The zero-order valence-electron chi connectivity index (χ0n) is 11.0. The van der Waals surface area contributed by atoms with Gasteiger partial charge in [0.2, 0.25) is 12.7 Å². The third kappa shape index (κ3) is 2.66. The summed E-state index contributed by atoms with van der Waals surface area (Å²) in [5, 5.41) is 2.96. The Balaban J connectivity index is 1.66. The first-order valence-electron chi connectivity index (χ1n) is 6.61. The average Bonchev–Trinajstić information content (AvgIpc) is 2.86. The summed E-state index contributed by atoms with van der Waals surface area (Å²) in [6, 6.07) is 5.48. The molecular formula is C14H18N2O3. The normalized spacial score (nSPS) is 22.3. The minimum atomic E-state index is 0.0733. The molecule has 0 bridgehead atoms. The number of carbonyl (C=O) groups excluding carboxylic acids is 1. The van der Waals surface area contributed by atoms with Gasteiger partial charge in [0.15, 0.2) is 11.5 Å². The highest BCUT2D eigenvalue weighted by molar-refractivity contribution is 5.93. The first-order valence-corrected chi connectivity index (χ1v) is 6.61. The van der Waals surface area contributed by atoms with E-state index in [4.69, 9.17) is 9.47 Å². The van der Waals surface area contributed by atoms with Gasteiger partial charge in [-0.05, 0) is 38.6 Å². The topological polar surface area (TPSA) is 50.8 Å². The molecule has 1 saturated heterocycles. The fourth-order valence-electron chi connectivity index (χ4n) is 2.60. The lowest BCUT2D eigenvalue weighted by Gasteiger charge is -2.28. The van der Waals surface area contributed by atoms with E-state index in [1.165, 1.54) is 0 Å². The molecule has 1 amide bonds. The summed E-state index contributed by atoms with van der Waals surface area (Å²) in [4.78, 5) is 14.4. The Bertz CT molecular complexity index is 490. The van der Waals surface area contributed by atoms with Crippen molar-refractivity contribution in [2.24, 2.45) is 5.92 Å². The molecule has 1 aromatic carbocycles. The highest BCUT2D eigenvalue weighted by atomic mass is 16.7. The van der Waals surface area contributed by atoms with Crippen molar-refractivity contribution in [2.45, 2.75) is 12.8 Å². The number of nitrogens with zero attached hydrogens (tertiary/aromatic N) is 1. The number of ether oxygens (including phenoxy) is 2. The summed E-state index contributed by atoms with van der Waals surface area (Å²) in [7, 11) is 2.06. The second-order valence-corrected chi connectivity index (χ2v) is 5.16. The highest BCUT2D eigenvalue weighted by Crippen LogP contribution is 2.34. The maximum absolute atomic E-state index is 12.2. The van der Waals surface area contributed by atoms with Gasteiger partial charge in [-0.3, -0.25) is 4.79 Å². The van der Waals surface area contributed by atoms with Gasteiger partial charge in [-0.1, -0.05) is 0 Å². The number of anilines is 1. The maximum Gasteiger partial charge on any atom is 0.231 e. The van der Waals surface area contributed by atoms with Crippen LogP contribution >= 0.6 is 0 Å². The van der Waals surface area contributed by atoms with E-state index in [-0.39, 0.29) is 18.6 Å². The van der Waals surface area contributed by atoms with Crippen LogP contribution in [0.25, 0.3) is 0 Å². The standard InChI is InChI=1S/C14H18N2O3/c1-16-6-2-3-10(8-16)14(17)15-11-4-5-12-13(7-11)19-9-18-12/h4-5,7,10H,2-3,6,8-9H2,1H3,(H,15,17)/t10-/m0/s1. The molecule has 1 N–H and O–H groups in total. The largest absolute Gasteiger partial charge is 0.454 e. The average molecular weight is 262 g/mol. The summed E-state index contributed by atoms with van der Waals surface area (Å²) in [5.41, 5.74) is 0.766. The molecule has 1 fully saturated rings. The third-order valence-electron chi connectivity index (χ3n) is 3.64. The molecule has 0 aliphatic carbocycles. The first-order chi connectivity index (χ1) is 9.22. The third-order valence-corrected chi connectivity index (χ3v) is 3.64. The van der Waals surface area contributed by atoms with Crippen molar-refractivity contribution in [3.8, 4) is 11.5 Å². The van der Waals surface area contributed by atoms with Gasteiger partial charge in [-0.2, -0.15) is 0 Å². The van der Waals surface area contributed by atoms with Gasteiger partial charge in [0.1, 0.15) is 0 Å². The van der Waals surface area contributed by atoms with Crippen molar-refractivity contribution >= 4 is 11.6 Å². The highest BCUT2D eigenvalue weighted by Gasteiger charge is 2.24. The number of benzene rings is 1. The molecule has 2 heterocycles. The summed E-state index contributed by atoms with van der Waals surface area (Å²) in [5.74, 6) is 1.59. The van der Waals surface area contributed by atoms with Crippen molar-refractivity contribution in [3.63, 3.8) is 0 Å². The zero-order chi connectivity index (χ0) is 13.2. The van der Waals surface area contributed by atoms with Crippen LogP contribution in [0.5, 0.6) is 11.5 Å². The Morgan fingerprint density at radius 2 is 2.21 bits per heavy atom. The van der Waals surface area contributed by atoms with Gasteiger partial charge in [0.05, 0.1) is 5.92 Å². The van der Waals surface area contributed by atoms with Crippen molar-refractivity contribution < 1.29 is 14.3 Å². The lowest BCUT2D eigenvalue weighted by molar-refractivity contribution is -0.121. The van der Waals surface area contributed by atoms with Crippen molar-refractivity contribution in [1.82, 2.24) is 4.90 Å². The summed E-state index contributed by atoms with van der Waals surface area (Å²) in [6.45, 7) is 2.16. The van der Waals surface area contributed by atoms with Crippen LogP contribution in [0.15, 0.2) is 18.2 Å². The van der Waals surface area contributed by atoms with Crippen molar-refractivity contribution in [3.05, 3.63) is 18.2 Å². The predicted molar refractivity (Wildman–Crippen MR) is 71.4 cm³/mol. The molecule has 0 saturated carbocycles. The molecule has 1 aromatic rings. The Labute approximate surface area is 112 Å². The van der Waals surface area contributed by atoms with Crippen LogP contribution in [0.2, 0.25) is 0 Å². The van der Waals surface area contributed by atoms with E-state index in [0.717, 1.165) is 37.4 Å². The molecule has 102 valence electrons. The Morgan fingerprint density at radius 1 is 1.37 bits per heavy atom. The number of nitrogens with one attached hydrogen (secondary N) is 1. The molecule has 5 nitrogen and oxygen atoms in total. The number of amides is 1. The number of carbonyl (C=O) groups is 1. The molecule has 2 aliphatic rings. The Morgan fingerprint density at radius 3 is 3.05 bits per heavy atom. The number of hydrogen-bond donors (Lipinski definition) is 1. The van der Waals surface area contributed by atoms with Gasteiger partial charge >= 0.3 is 0 Å². The monoisotopic (exact) mass is 262 g/mol. The van der Waals surface area contributed by atoms with Gasteiger partial charge in [-0.15, -0.1) is 0 Å². The summed E-state index contributed by atoms with van der Waals surface area (Å²) < 4.78 is 10.5. The quantitative estimate of drug-likeness (QED) is 0.881. The number of fused-ring (bicyclic) bond motifs is 1. The minimum Gasteiger partial charge on any atom is -0.454 e. The Kier molecular flexibility index (Phi) is 3.29. The Hall–Kier alpha value is -1.75. The number of hydrogen-bond acceptors (Lipinski definition) is 4. The second-order valence-electron chi connectivity index (χ2n) is 5.16. The first kappa shape index (κ1) is 12.3. The van der Waals surface area contributed by atoms with E-state index in [1.54, 1.807) is 0 Å². The van der Waals surface area contributed by atoms with E-state index < -0.39 is 0 Å². The molecule has 2 aliphatic heterocycles. The van der Waals surface area contributed by atoms with Crippen LogP contribution in [0, 0.1) is 5.92 Å². The molecule has 0 aromatic heterocycles. The molecule has 0 unspecified atom stereocenters. The molecule has 0 radical (unpaired) electrons. The second kappa shape index (κ2) is 5.09. The van der Waals surface area contributed by atoms with Crippen LogP contribution in [-0.4, -0.2) is 37.7 Å². The van der Waals surface area contributed by atoms with Crippen LogP contribution in [0.1, 0.15) is 12.8 Å². The van der Waals surface area contributed by atoms with Gasteiger partial charge in [-0.25, -0.2) is 0 Å². The predicted octanol–water partition coefficient (Wildman–Crippen LogP) is 1.70. The maximum atomic E-state index is 12.2. The van der Waals surface area contributed by atoms with Gasteiger partial charge in [0.25, 0.3) is 0 Å². The van der Waals surface area contributed by atoms with Crippen molar-refractivity contribution in [1.29, 1.82) is 0 Å². The van der Waals surface area contributed by atoms with Crippen LogP contribution in [0.3, 0.4) is 0 Å². The smallest absolute Gasteiger partial charge is 0.231 e. The SMILES string of the molecule is CN1CCC[C@H](C(=O)Nc2ccc3c(c2)OCO3)C1. The molecule has 5 heteroatoms. The summed E-state index contributed by atoms with van der Waals surface area (Å²) >= 11 is 0. The number of rotatable bonds is 2. The zero-order valence-corrected chi connectivity index (χ0v) is 11.0. The lowest BCUT2D eigenvalue weighted by atomic mass is 9.97. The van der Waals surface area contributed by atoms with E-state index >= 15 is 0 Å². The van der Waals surface area contributed by atoms with E-state index in [1.807, 2.05) is 18.2 Å². The van der Waals surface area contributed by atoms with Crippen LogP contribution in [-0.2, 0) is 4.79 Å². The van der Waals surface area contributed by atoms with Crippen molar-refractivity contribution in [2.75, 3.05) is 32.2 Å². The summed E-state index contributed by atoms with van der Waals surface area (Å²) in [6.07, 6.45) is 2.04. The van der Waals surface area contributed by atoms with Crippen LogP contribution in [0.4, 0.5) is 5.69 Å². The molecule has 3 rings (SSSR count). The number of piperidine rings is 1. The van der Waals surface area contributed by atoms with E-state index in [9.17, 15) is 4.79 Å². The molecular weight excluding hydrogens is 244 g/mol. The van der Waals surface area contributed by atoms with Gasteiger partial charge < -0.3 is 19.7 Å². The lowest BCUT2D eigenvalue weighted by Crippen LogP contribution is -2.38.